The van der Waals surface area contributed by atoms with Gasteiger partial charge in [-0.15, -0.1) is 0 Å². The molecule has 0 unspecified atom stereocenters. The molecule has 2 heteroatoms. The Bertz CT molecular complexity index is 501. The van der Waals surface area contributed by atoms with Crippen LogP contribution < -0.4 is 5.32 Å². The van der Waals surface area contributed by atoms with Gasteiger partial charge in [0.15, 0.2) is 0 Å². The summed E-state index contributed by atoms with van der Waals surface area (Å²) in [6, 6.07) is 10.7. The zero-order chi connectivity index (χ0) is 12.3. The van der Waals surface area contributed by atoms with E-state index in [9.17, 15) is 0 Å². The van der Waals surface area contributed by atoms with Gasteiger partial charge in [-0.05, 0) is 43.7 Å². The summed E-state index contributed by atoms with van der Waals surface area (Å²) in [6.45, 7) is 5.09. The Labute approximate surface area is 103 Å². The Balaban J connectivity index is 2.30. The lowest BCUT2D eigenvalue weighted by Crippen LogP contribution is -2.06. The van der Waals surface area contributed by atoms with Gasteiger partial charge in [-0.2, -0.15) is 0 Å². The Kier molecular flexibility index (Phi) is 3.55. The van der Waals surface area contributed by atoms with Crippen molar-refractivity contribution in [1.82, 2.24) is 10.3 Å². The molecule has 88 valence electrons. The first-order valence-electron chi connectivity index (χ1n) is 5.88. The van der Waals surface area contributed by atoms with Gasteiger partial charge >= 0.3 is 0 Å². The molecule has 1 aromatic heterocycles. The van der Waals surface area contributed by atoms with Crippen molar-refractivity contribution in [3.63, 3.8) is 0 Å². The largest absolute Gasteiger partial charge is 0.314 e. The summed E-state index contributed by atoms with van der Waals surface area (Å²) in [6.07, 6.45) is 1.94. The zero-order valence-electron chi connectivity index (χ0n) is 10.6. The molecule has 2 rings (SSSR count). The SMILES string of the molecule is CNCc1ccc(-c2ccc(C)c(C)c2)cn1. The molecule has 2 aromatic rings. The van der Waals surface area contributed by atoms with E-state index in [-0.39, 0.29) is 0 Å². The average molecular weight is 226 g/mol. The summed E-state index contributed by atoms with van der Waals surface area (Å²) in [7, 11) is 1.93. The zero-order valence-corrected chi connectivity index (χ0v) is 10.6. The van der Waals surface area contributed by atoms with E-state index in [1.54, 1.807) is 0 Å². The monoisotopic (exact) mass is 226 g/mol. The first-order chi connectivity index (χ1) is 8.20. The van der Waals surface area contributed by atoms with E-state index in [4.69, 9.17) is 0 Å². The molecule has 0 radical (unpaired) electrons. The van der Waals surface area contributed by atoms with Crippen LogP contribution in [0.15, 0.2) is 36.5 Å². The molecule has 0 fully saturated rings. The summed E-state index contributed by atoms with van der Waals surface area (Å²) in [5, 5.41) is 3.10. The second-order valence-corrected chi connectivity index (χ2v) is 4.37. The maximum atomic E-state index is 4.43. The number of nitrogens with one attached hydrogen (secondary N) is 1. The highest BCUT2D eigenvalue weighted by Crippen LogP contribution is 2.21. The Hall–Kier alpha value is -1.67. The van der Waals surface area contributed by atoms with Crippen molar-refractivity contribution in [1.29, 1.82) is 0 Å². The fraction of sp³-hybridized carbons (Fsp3) is 0.267. The summed E-state index contributed by atoms with van der Waals surface area (Å²) >= 11 is 0. The molecule has 0 atom stereocenters. The second kappa shape index (κ2) is 5.11. The van der Waals surface area contributed by atoms with Crippen LogP contribution in [0.25, 0.3) is 11.1 Å². The highest BCUT2D eigenvalue weighted by Gasteiger charge is 2.00. The summed E-state index contributed by atoms with van der Waals surface area (Å²) < 4.78 is 0. The fourth-order valence-corrected chi connectivity index (χ4v) is 1.80. The molecule has 0 saturated heterocycles. The maximum Gasteiger partial charge on any atom is 0.0542 e. The minimum atomic E-state index is 0.813. The van der Waals surface area contributed by atoms with Gasteiger partial charge in [-0.25, -0.2) is 0 Å². The normalized spacial score (nSPS) is 10.5. The predicted molar refractivity (Wildman–Crippen MR) is 71.9 cm³/mol. The van der Waals surface area contributed by atoms with E-state index in [1.807, 2.05) is 13.2 Å². The van der Waals surface area contributed by atoms with E-state index < -0.39 is 0 Å². The molecule has 1 N–H and O–H groups in total. The number of hydrogen-bond donors (Lipinski definition) is 1. The molecular formula is C15H18N2. The third-order valence-corrected chi connectivity index (χ3v) is 3.02. The standard InChI is InChI=1S/C15H18N2/c1-11-4-5-13(8-12(11)2)14-6-7-15(10-16-3)17-9-14/h4-9,16H,10H2,1-3H3. The Morgan fingerprint density at radius 1 is 1.00 bits per heavy atom. The average Bonchev–Trinajstić information content (AvgIpc) is 2.34. The Morgan fingerprint density at radius 3 is 2.35 bits per heavy atom. The van der Waals surface area contributed by atoms with Gasteiger partial charge in [-0.3, -0.25) is 4.98 Å². The summed E-state index contributed by atoms with van der Waals surface area (Å²) in [5.41, 5.74) is 6.12. The number of aryl methyl sites for hydroxylation is 2. The van der Waals surface area contributed by atoms with Gasteiger partial charge in [0.25, 0.3) is 0 Å². The molecule has 0 spiro atoms. The van der Waals surface area contributed by atoms with E-state index in [2.05, 4.69) is 54.5 Å². The number of rotatable bonds is 3. The van der Waals surface area contributed by atoms with Gasteiger partial charge < -0.3 is 5.32 Å². The minimum Gasteiger partial charge on any atom is -0.314 e. The third-order valence-electron chi connectivity index (χ3n) is 3.02. The number of benzene rings is 1. The first kappa shape index (κ1) is 11.8. The van der Waals surface area contributed by atoms with E-state index >= 15 is 0 Å². The molecule has 0 aliphatic heterocycles. The van der Waals surface area contributed by atoms with Gasteiger partial charge in [0.1, 0.15) is 0 Å². The predicted octanol–water partition coefficient (Wildman–Crippen LogP) is 3.08. The topological polar surface area (TPSA) is 24.9 Å². The van der Waals surface area contributed by atoms with Crippen LogP contribution in [0.5, 0.6) is 0 Å². The van der Waals surface area contributed by atoms with Crippen LogP contribution in [0.2, 0.25) is 0 Å². The van der Waals surface area contributed by atoms with Crippen molar-refractivity contribution < 1.29 is 0 Å². The van der Waals surface area contributed by atoms with Crippen LogP contribution in [0.4, 0.5) is 0 Å². The van der Waals surface area contributed by atoms with Crippen LogP contribution in [0.3, 0.4) is 0 Å². The van der Waals surface area contributed by atoms with Crippen molar-refractivity contribution in [2.75, 3.05) is 7.05 Å². The highest BCUT2D eigenvalue weighted by molar-refractivity contribution is 5.63. The minimum absolute atomic E-state index is 0.813. The van der Waals surface area contributed by atoms with Gasteiger partial charge in [0.05, 0.1) is 5.69 Å². The molecular weight excluding hydrogens is 208 g/mol. The molecule has 17 heavy (non-hydrogen) atoms. The van der Waals surface area contributed by atoms with Crippen molar-refractivity contribution >= 4 is 0 Å². The second-order valence-electron chi connectivity index (χ2n) is 4.37. The lowest BCUT2D eigenvalue weighted by molar-refractivity contribution is 0.791. The summed E-state index contributed by atoms with van der Waals surface area (Å²) in [5.74, 6) is 0. The van der Waals surface area contributed by atoms with Crippen LogP contribution >= 0.6 is 0 Å². The first-order valence-corrected chi connectivity index (χ1v) is 5.88. The number of hydrogen-bond acceptors (Lipinski definition) is 2. The third kappa shape index (κ3) is 2.71. The molecule has 0 bridgehead atoms. The molecule has 0 amide bonds. The molecule has 0 aliphatic rings. The lowest BCUT2D eigenvalue weighted by atomic mass is 10.0. The highest BCUT2D eigenvalue weighted by atomic mass is 14.8. The van der Waals surface area contributed by atoms with Crippen LogP contribution in [0, 0.1) is 13.8 Å². The lowest BCUT2D eigenvalue weighted by Gasteiger charge is -2.06. The van der Waals surface area contributed by atoms with Gasteiger partial charge in [-0.1, -0.05) is 24.3 Å². The van der Waals surface area contributed by atoms with Crippen molar-refractivity contribution in [3.8, 4) is 11.1 Å². The van der Waals surface area contributed by atoms with E-state index in [0.29, 0.717) is 0 Å². The number of nitrogens with zero attached hydrogens (tertiary/aromatic N) is 1. The van der Waals surface area contributed by atoms with Gasteiger partial charge in [0, 0.05) is 18.3 Å². The van der Waals surface area contributed by atoms with Crippen LogP contribution in [0.1, 0.15) is 16.8 Å². The fourth-order valence-electron chi connectivity index (χ4n) is 1.80. The maximum absolute atomic E-state index is 4.43. The number of aromatic nitrogens is 1. The van der Waals surface area contributed by atoms with E-state index in [1.165, 1.54) is 22.3 Å². The van der Waals surface area contributed by atoms with Crippen molar-refractivity contribution in [2.45, 2.75) is 20.4 Å². The van der Waals surface area contributed by atoms with Gasteiger partial charge in [0.2, 0.25) is 0 Å². The molecule has 0 aliphatic carbocycles. The summed E-state index contributed by atoms with van der Waals surface area (Å²) in [4.78, 5) is 4.43. The van der Waals surface area contributed by atoms with Crippen molar-refractivity contribution in [3.05, 3.63) is 53.3 Å². The molecule has 1 heterocycles. The molecule has 0 saturated carbocycles. The van der Waals surface area contributed by atoms with Crippen LogP contribution in [-0.4, -0.2) is 12.0 Å². The number of pyridine rings is 1. The Morgan fingerprint density at radius 2 is 1.76 bits per heavy atom. The molecule has 1 aromatic carbocycles. The van der Waals surface area contributed by atoms with Crippen LogP contribution in [-0.2, 0) is 6.54 Å². The molecule has 2 nitrogen and oxygen atoms in total. The smallest absolute Gasteiger partial charge is 0.0542 e. The van der Waals surface area contributed by atoms with Crippen molar-refractivity contribution in [2.24, 2.45) is 0 Å². The quantitative estimate of drug-likeness (QED) is 0.870. The van der Waals surface area contributed by atoms with E-state index in [0.717, 1.165) is 12.2 Å².